The maximum Gasteiger partial charge on any atom is 0.342 e. The van der Waals surface area contributed by atoms with Gasteiger partial charge < -0.3 is 20.1 Å². The maximum absolute atomic E-state index is 12.5. The second-order valence-electron chi connectivity index (χ2n) is 5.93. The van der Waals surface area contributed by atoms with Gasteiger partial charge in [0, 0.05) is 24.5 Å². The molecule has 0 aliphatic carbocycles. The number of ketones is 1. The quantitative estimate of drug-likeness (QED) is 0.456. The molecule has 0 fully saturated rings. The molecule has 0 amide bonds. The van der Waals surface area contributed by atoms with Crippen molar-refractivity contribution in [3.8, 4) is 11.5 Å². The summed E-state index contributed by atoms with van der Waals surface area (Å²) in [6.07, 6.45) is 3.73. The van der Waals surface area contributed by atoms with Crippen molar-refractivity contribution in [2.45, 2.75) is 37.4 Å². The summed E-state index contributed by atoms with van der Waals surface area (Å²) in [7, 11) is 0. The molecule has 6 nitrogen and oxygen atoms in total. The van der Waals surface area contributed by atoms with Crippen LogP contribution >= 0.6 is 23.2 Å². The van der Waals surface area contributed by atoms with Crippen LogP contribution in [-0.2, 0) is 16.0 Å². The largest absolute Gasteiger partial charge is 0.507 e. The number of carbonyl (C=O) groups excluding carboxylic acids is 2. The minimum Gasteiger partial charge on any atom is -0.507 e. The van der Waals surface area contributed by atoms with E-state index in [9.17, 15) is 24.9 Å². The van der Waals surface area contributed by atoms with E-state index >= 15 is 0 Å². The van der Waals surface area contributed by atoms with Gasteiger partial charge in [0.2, 0.25) is 0 Å². The van der Waals surface area contributed by atoms with Crippen LogP contribution in [0.15, 0.2) is 30.4 Å². The number of esters is 1. The van der Waals surface area contributed by atoms with Gasteiger partial charge in [-0.3, -0.25) is 4.79 Å². The maximum atomic E-state index is 12.5. The summed E-state index contributed by atoms with van der Waals surface area (Å²) >= 11 is 12.1. The van der Waals surface area contributed by atoms with Gasteiger partial charge in [-0.25, -0.2) is 4.79 Å². The van der Waals surface area contributed by atoms with Crippen molar-refractivity contribution in [3.63, 3.8) is 0 Å². The van der Waals surface area contributed by atoms with Crippen molar-refractivity contribution in [1.29, 1.82) is 0 Å². The molecule has 140 valence electrons. The molecule has 1 aliphatic rings. The first-order valence-electron chi connectivity index (χ1n) is 7.84. The normalized spacial score (nSPS) is 24.7. The Bertz CT molecular complexity index is 771. The second kappa shape index (κ2) is 8.58. The van der Waals surface area contributed by atoms with Gasteiger partial charge in [0.25, 0.3) is 0 Å². The fourth-order valence-electron chi connectivity index (χ4n) is 2.53. The highest BCUT2D eigenvalue weighted by Gasteiger charge is 2.27. The lowest BCUT2D eigenvalue weighted by Crippen LogP contribution is -2.27. The lowest BCUT2D eigenvalue weighted by atomic mass is 9.99. The summed E-state index contributed by atoms with van der Waals surface area (Å²) in [5.74, 6) is -2.36. The number of benzene rings is 1. The Morgan fingerprint density at radius 1 is 1.19 bits per heavy atom. The molecule has 0 saturated heterocycles. The molecule has 1 heterocycles. The molecule has 1 aliphatic heterocycles. The van der Waals surface area contributed by atoms with E-state index in [0.29, 0.717) is 0 Å². The third-order valence-electron chi connectivity index (χ3n) is 3.81. The van der Waals surface area contributed by atoms with E-state index in [0.717, 1.165) is 6.07 Å². The number of hydrogen-bond acceptors (Lipinski definition) is 6. The first-order valence-corrected chi connectivity index (χ1v) is 8.66. The van der Waals surface area contributed by atoms with Crippen molar-refractivity contribution < 1.29 is 29.6 Å². The molecule has 8 heteroatoms. The van der Waals surface area contributed by atoms with E-state index in [1.807, 2.05) is 0 Å². The highest BCUT2D eigenvalue weighted by atomic mass is 35.5. The van der Waals surface area contributed by atoms with Crippen molar-refractivity contribution in [1.82, 2.24) is 0 Å². The van der Waals surface area contributed by atoms with E-state index in [4.69, 9.17) is 27.9 Å². The standard InChI is InChI=1S/C18H18Cl2O6/c1-9-6-13(22)12(19)5-3-2-4-10(21)7-11-16(18(25)26-9)14(23)8-15(24)17(11)20/h2-5,8-9,12-13,22-24H,6-7H2,1H3/t9-,12-,13+/m1/s1. The number of hydrogen-bond donors (Lipinski definition) is 3. The Labute approximate surface area is 160 Å². The van der Waals surface area contributed by atoms with Crippen LogP contribution in [0.5, 0.6) is 11.5 Å². The topological polar surface area (TPSA) is 104 Å². The molecule has 26 heavy (non-hydrogen) atoms. The summed E-state index contributed by atoms with van der Waals surface area (Å²) in [4.78, 5) is 24.6. The lowest BCUT2D eigenvalue weighted by molar-refractivity contribution is -0.114. The van der Waals surface area contributed by atoms with Crippen LogP contribution in [0.3, 0.4) is 0 Å². The first kappa shape index (κ1) is 20.3. The number of aliphatic hydroxyl groups excluding tert-OH is 1. The summed E-state index contributed by atoms with van der Waals surface area (Å²) in [5.41, 5.74) is -0.335. The number of rotatable bonds is 0. The number of fused-ring (bicyclic) bond motifs is 1. The van der Waals surface area contributed by atoms with E-state index in [1.54, 1.807) is 6.92 Å². The van der Waals surface area contributed by atoms with Crippen LogP contribution in [0.1, 0.15) is 29.3 Å². The Hall–Kier alpha value is -2.02. The zero-order valence-corrected chi connectivity index (χ0v) is 15.4. The highest BCUT2D eigenvalue weighted by molar-refractivity contribution is 6.33. The predicted molar refractivity (Wildman–Crippen MR) is 96.9 cm³/mol. The number of halogens is 2. The number of allylic oxidation sites excluding steroid dienone is 3. The molecule has 0 radical (unpaired) electrons. The average molecular weight is 401 g/mol. The van der Waals surface area contributed by atoms with Crippen LogP contribution in [0.25, 0.3) is 0 Å². The van der Waals surface area contributed by atoms with Crippen molar-refractivity contribution in [2.75, 3.05) is 0 Å². The third-order valence-corrected chi connectivity index (χ3v) is 4.67. The van der Waals surface area contributed by atoms with Crippen LogP contribution in [0.4, 0.5) is 0 Å². The number of aromatic hydroxyl groups is 2. The first-order chi connectivity index (χ1) is 12.2. The molecule has 0 bridgehead atoms. The molecule has 3 atom stereocenters. The third kappa shape index (κ3) is 4.78. The zero-order chi connectivity index (χ0) is 19.4. The number of ether oxygens (including phenoxy) is 1. The molecular formula is C18H18Cl2O6. The fourth-order valence-corrected chi connectivity index (χ4v) is 2.93. The minimum atomic E-state index is -0.987. The van der Waals surface area contributed by atoms with E-state index in [-0.39, 0.29) is 29.0 Å². The summed E-state index contributed by atoms with van der Waals surface area (Å²) in [5, 5.41) is 29.0. The van der Waals surface area contributed by atoms with E-state index in [1.165, 1.54) is 24.3 Å². The van der Waals surface area contributed by atoms with Gasteiger partial charge in [0.1, 0.15) is 23.2 Å². The van der Waals surface area contributed by atoms with Crippen LogP contribution in [0.2, 0.25) is 5.02 Å². The van der Waals surface area contributed by atoms with Crippen LogP contribution < -0.4 is 0 Å². The smallest absolute Gasteiger partial charge is 0.342 e. The molecule has 2 rings (SSSR count). The van der Waals surface area contributed by atoms with Gasteiger partial charge in [-0.2, -0.15) is 0 Å². The number of alkyl halides is 1. The van der Waals surface area contributed by atoms with Gasteiger partial charge in [-0.1, -0.05) is 29.8 Å². The summed E-state index contributed by atoms with van der Waals surface area (Å²) < 4.78 is 5.24. The Morgan fingerprint density at radius 2 is 1.88 bits per heavy atom. The molecule has 0 spiro atoms. The van der Waals surface area contributed by atoms with Gasteiger partial charge in [0.05, 0.1) is 16.5 Å². The molecule has 1 aromatic carbocycles. The van der Waals surface area contributed by atoms with Gasteiger partial charge in [-0.15, -0.1) is 11.6 Å². The van der Waals surface area contributed by atoms with Gasteiger partial charge >= 0.3 is 5.97 Å². The predicted octanol–water partition coefficient (Wildman–Crippen LogP) is 2.89. The highest BCUT2D eigenvalue weighted by Crippen LogP contribution is 2.37. The van der Waals surface area contributed by atoms with Crippen molar-refractivity contribution >= 4 is 35.0 Å². The summed E-state index contributed by atoms with van der Waals surface area (Å²) in [6, 6.07) is 0.906. The second-order valence-corrected chi connectivity index (χ2v) is 6.81. The zero-order valence-electron chi connectivity index (χ0n) is 13.9. The minimum absolute atomic E-state index is 0.0344. The fraction of sp³-hybridized carbons (Fsp3) is 0.333. The monoisotopic (exact) mass is 400 g/mol. The molecule has 1 aromatic rings. The molecule has 0 saturated carbocycles. The number of cyclic esters (lactones) is 1. The molecule has 0 aromatic heterocycles. The van der Waals surface area contributed by atoms with Crippen LogP contribution in [-0.4, -0.2) is 44.7 Å². The van der Waals surface area contributed by atoms with Crippen molar-refractivity contribution in [2.24, 2.45) is 0 Å². The molecular weight excluding hydrogens is 383 g/mol. The number of carbonyl (C=O) groups is 2. The van der Waals surface area contributed by atoms with E-state index < -0.39 is 40.8 Å². The Kier molecular flexibility index (Phi) is 6.69. The molecule has 0 unspecified atom stereocenters. The number of phenolic OH excluding ortho intramolecular Hbond substituents is 2. The van der Waals surface area contributed by atoms with Gasteiger partial charge in [-0.05, 0) is 13.0 Å². The Morgan fingerprint density at radius 3 is 2.58 bits per heavy atom. The van der Waals surface area contributed by atoms with Gasteiger partial charge in [0.15, 0.2) is 5.78 Å². The van der Waals surface area contributed by atoms with E-state index in [2.05, 4.69) is 0 Å². The Balaban J connectivity index is 2.51. The lowest BCUT2D eigenvalue weighted by Gasteiger charge is -2.20. The number of aliphatic hydroxyl groups is 1. The number of phenols is 2. The SMILES string of the molecule is C[C@@H]1C[C@H](O)[C@H](Cl)C=CC=CC(=O)Cc2c(Cl)c(O)cc(O)c2C(=O)O1. The average Bonchev–Trinajstić information content (AvgIpc) is 2.54. The summed E-state index contributed by atoms with van der Waals surface area (Å²) in [6.45, 7) is 1.56. The van der Waals surface area contributed by atoms with Crippen LogP contribution in [0, 0.1) is 0 Å². The molecule has 3 N–H and O–H groups in total. The van der Waals surface area contributed by atoms with Crippen molar-refractivity contribution in [3.05, 3.63) is 46.5 Å².